The van der Waals surface area contributed by atoms with E-state index in [0.29, 0.717) is 12.0 Å². The fourth-order valence-corrected chi connectivity index (χ4v) is 1.94. The zero-order valence-corrected chi connectivity index (χ0v) is 10.7. The van der Waals surface area contributed by atoms with E-state index in [1.54, 1.807) is 0 Å². The molecule has 0 bridgehead atoms. The summed E-state index contributed by atoms with van der Waals surface area (Å²) in [5, 5.41) is 0. The standard InChI is InChI=1S/C13H28N2/c1-4-8-15(10-12-5-6-12)9-7-13(14)11(2)3/h11-13H,4-10,14H2,1-3H3. The van der Waals surface area contributed by atoms with E-state index >= 15 is 0 Å². The van der Waals surface area contributed by atoms with Crippen LogP contribution in [0.3, 0.4) is 0 Å². The van der Waals surface area contributed by atoms with Crippen LogP contribution in [-0.4, -0.2) is 30.6 Å². The van der Waals surface area contributed by atoms with Crippen molar-refractivity contribution in [2.45, 2.75) is 52.5 Å². The van der Waals surface area contributed by atoms with E-state index < -0.39 is 0 Å². The number of rotatable bonds is 8. The highest BCUT2D eigenvalue weighted by molar-refractivity contribution is 4.78. The molecule has 0 saturated heterocycles. The third kappa shape index (κ3) is 5.53. The molecule has 1 atom stereocenters. The molecule has 2 N–H and O–H groups in total. The predicted molar refractivity (Wildman–Crippen MR) is 66.9 cm³/mol. The topological polar surface area (TPSA) is 29.3 Å². The van der Waals surface area contributed by atoms with Gasteiger partial charge < -0.3 is 10.6 Å². The van der Waals surface area contributed by atoms with Crippen molar-refractivity contribution in [3.63, 3.8) is 0 Å². The molecule has 2 nitrogen and oxygen atoms in total. The molecule has 0 radical (unpaired) electrons. The Labute approximate surface area is 95.2 Å². The number of hydrogen-bond donors (Lipinski definition) is 1. The first kappa shape index (κ1) is 13.0. The van der Waals surface area contributed by atoms with Crippen molar-refractivity contribution < 1.29 is 0 Å². The summed E-state index contributed by atoms with van der Waals surface area (Å²) in [6.45, 7) is 10.5. The first-order valence-electron chi connectivity index (χ1n) is 6.61. The lowest BCUT2D eigenvalue weighted by Crippen LogP contribution is -2.34. The molecular weight excluding hydrogens is 184 g/mol. The lowest BCUT2D eigenvalue weighted by molar-refractivity contribution is 0.245. The minimum Gasteiger partial charge on any atom is -0.327 e. The molecular formula is C13H28N2. The lowest BCUT2D eigenvalue weighted by Gasteiger charge is -2.24. The average molecular weight is 212 g/mol. The van der Waals surface area contributed by atoms with Crippen LogP contribution in [0.1, 0.15) is 46.5 Å². The van der Waals surface area contributed by atoms with Crippen molar-refractivity contribution in [1.82, 2.24) is 4.90 Å². The van der Waals surface area contributed by atoms with Gasteiger partial charge in [-0.25, -0.2) is 0 Å². The molecule has 0 amide bonds. The van der Waals surface area contributed by atoms with Crippen LogP contribution in [-0.2, 0) is 0 Å². The van der Waals surface area contributed by atoms with Gasteiger partial charge in [0.15, 0.2) is 0 Å². The number of nitrogens with zero attached hydrogens (tertiary/aromatic N) is 1. The van der Waals surface area contributed by atoms with Crippen LogP contribution >= 0.6 is 0 Å². The van der Waals surface area contributed by atoms with Gasteiger partial charge in [-0.2, -0.15) is 0 Å². The Morgan fingerprint density at radius 3 is 2.40 bits per heavy atom. The second kappa shape index (κ2) is 6.49. The highest BCUT2D eigenvalue weighted by Crippen LogP contribution is 2.29. The molecule has 0 aromatic rings. The molecule has 1 rings (SSSR count). The van der Waals surface area contributed by atoms with E-state index in [1.165, 1.54) is 38.9 Å². The van der Waals surface area contributed by atoms with Gasteiger partial charge in [-0.15, -0.1) is 0 Å². The normalized spacial score (nSPS) is 18.8. The lowest BCUT2D eigenvalue weighted by atomic mass is 10.0. The molecule has 0 aromatic heterocycles. The Balaban J connectivity index is 2.17. The molecule has 0 spiro atoms. The molecule has 15 heavy (non-hydrogen) atoms. The largest absolute Gasteiger partial charge is 0.327 e. The monoisotopic (exact) mass is 212 g/mol. The molecule has 1 fully saturated rings. The number of nitrogens with two attached hydrogens (primary N) is 1. The van der Waals surface area contributed by atoms with Gasteiger partial charge >= 0.3 is 0 Å². The first-order chi connectivity index (χ1) is 7.13. The summed E-state index contributed by atoms with van der Waals surface area (Å²) in [5.74, 6) is 1.63. The van der Waals surface area contributed by atoms with Gasteiger partial charge in [0.25, 0.3) is 0 Å². The average Bonchev–Trinajstić information content (AvgIpc) is 2.97. The first-order valence-corrected chi connectivity index (χ1v) is 6.61. The van der Waals surface area contributed by atoms with E-state index in [9.17, 15) is 0 Å². The predicted octanol–water partition coefficient (Wildman–Crippen LogP) is 2.48. The van der Waals surface area contributed by atoms with Crippen molar-refractivity contribution in [2.24, 2.45) is 17.6 Å². The Hall–Kier alpha value is -0.0800. The number of hydrogen-bond acceptors (Lipinski definition) is 2. The second-order valence-electron chi connectivity index (χ2n) is 5.44. The minimum atomic E-state index is 0.378. The van der Waals surface area contributed by atoms with E-state index in [-0.39, 0.29) is 0 Å². The van der Waals surface area contributed by atoms with Crippen LogP contribution in [0.2, 0.25) is 0 Å². The van der Waals surface area contributed by atoms with Crippen LogP contribution in [0.5, 0.6) is 0 Å². The van der Waals surface area contributed by atoms with Gasteiger partial charge in [-0.05, 0) is 50.6 Å². The van der Waals surface area contributed by atoms with Gasteiger partial charge in [-0.3, -0.25) is 0 Å². The SMILES string of the molecule is CCCN(CCC(N)C(C)C)CC1CC1. The zero-order chi connectivity index (χ0) is 11.3. The van der Waals surface area contributed by atoms with E-state index in [4.69, 9.17) is 5.73 Å². The highest BCUT2D eigenvalue weighted by atomic mass is 15.1. The minimum absolute atomic E-state index is 0.378. The molecule has 0 aromatic carbocycles. The van der Waals surface area contributed by atoms with Crippen LogP contribution in [0.25, 0.3) is 0 Å². The maximum Gasteiger partial charge on any atom is 0.00740 e. The molecule has 1 saturated carbocycles. The molecule has 0 aliphatic heterocycles. The molecule has 2 heteroatoms. The van der Waals surface area contributed by atoms with Crippen LogP contribution in [0.15, 0.2) is 0 Å². The summed E-state index contributed by atoms with van der Waals surface area (Å²) in [6, 6.07) is 0.378. The smallest absolute Gasteiger partial charge is 0.00740 e. The summed E-state index contributed by atoms with van der Waals surface area (Å²) in [5.41, 5.74) is 6.08. The van der Waals surface area contributed by atoms with Crippen LogP contribution in [0, 0.1) is 11.8 Å². The molecule has 0 heterocycles. The van der Waals surface area contributed by atoms with Crippen molar-refractivity contribution in [1.29, 1.82) is 0 Å². The quantitative estimate of drug-likeness (QED) is 0.670. The van der Waals surface area contributed by atoms with Gasteiger partial charge in [0.2, 0.25) is 0 Å². The van der Waals surface area contributed by atoms with E-state index in [1.807, 2.05) is 0 Å². The summed E-state index contributed by atoms with van der Waals surface area (Å²) in [7, 11) is 0. The van der Waals surface area contributed by atoms with Crippen molar-refractivity contribution >= 4 is 0 Å². The molecule has 90 valence electrons. The summed E-state index contributed by atoms with van der Waals surface area (Å²) < 4.78 is 0. The Bertz CT molecular complexity index is 164. The molecule has 1 unspecified atom stereocenters. The van der Waals surface area contributed by atoms with Gasteiger partial charge in [0.1, 0.15) is 0 Å². The fraction of sp³-hybridized carbons (Fsp3) is 1.00. The Morgan fingerprint density at radius 1 is 1.27 bits per heavy atom. The second-order valence-corrected chi connectivity index (χ2v) is 5.44. The van der Waals surface area contributed by atoms with Crippen molar-refractivity contribution in [2.75, 3.05) is 19.6 Å². The van der Waals surface area contributed by atoms with Gasteiger partial charge in [-0.1, -0.05) is 20.8 Å². The zero-order valence-electron chi connectivity index (χ0n) is 10.7. The maximum atomic E-state index is 6.08. The summed E-state index contributed by atoms with van der Waals surface area (Å²) >= 11 is 0. The van der Waals surface area contributed by atoms with E-state index in [2.05, 4.69) is 25.7 Å². The fourth-order valence-electron chi connectivity index (χ4n) is 1.94. The third-order valence-corrected chi connectivity index (χ3v) is 3.39. The maximum absolute atomic E-state index is 6.08. The van der Waals surface area contributed by atoms with Gasteiger partial charge in [0.05, 0.1) is 0 Å². The third-order valence-electron chi connectivity index (χ3n) is 3.39. The Morgan fingerprint density at radius 2 is 1.93 bits per heavy atom. The molecule has 1 aliphatic carbocycles. The summed E-state index contributed by atoms with van der Waals surface area (Å²) in [6.07, 6.45) is 5.33. The van der Waals surface area contributed by atoms with Crippen LogP contribution in [0.4, 0.5) is 0 Å². The summed E-state index contributed by atoms with van der Waals surface area (Å²) in [4.78, 5) is 2.61. The van der Waals surface area contributed by atoms with Crippen molar-refractivity contribution in [3.05, 3.63) is 0 Å². The highest BCUT2D eigenvalue weighted by Gasteiger charge is 2.24. The van der Waals surface area contributed by atoms with Crippen LogP contribution < -0.4 is 5.73 Å². The Kier molecular flexibility index (Phi) is 5.62. The molecule has 1 aliphatic rings. The van der Waals surface area contributed by atoms with Gasteiger partial charge in [0, 0.05) is 12.6 Å². The van der Waals surface area contributed by atoms with E-state index in [0.717, 1.165) is 12.3 Å². The van der Waals surface area contributed by atoms with Crippen molar-refractivity contribution in [3.8, 4) is 0 Å².